The van der Waals surface area contributed by atoms with Crippen LogP contribution < -0.4 is 5.32 Å². The minimum absolute atomic E-state index is 0.00903. The molecule has 0 spiro atoms. The molecule has 1 unspecified atom stereocenters. The van der Waals surface area contributed by atoms with Crippen LogP contribution in [0.1, 0.15) is 26.7 Å². The summed E-state index contributed by atoms with van der Waals surface area (Å²) in [7, 11) is 0. The van der Waals surface area contributed by atoms with Crippen molar-refractivity contribution in [3.63, 3.8) is 0 Å². The van der Waals surface area contributed by atoms with Gasteiger partial charge in [-0.1, -0.05) is 13.8 Å². The van der Waals surface area contributed by atoms with Crippen molar-refractivity contribution in [3.05, 3.63) is 0 Å². The largest absolute Gasteiger partial charge is 0.345 e. The molecule has 16 heavy (non-hydrogen) atoms. The maximum atomic E-state index is 11.7. The normalized spacial score (nSPS) is 21.1. The van der Waals surface area contributed by atoms with Crippen LogP contribution in [0, 0.1) is 0 Å². The van der Waals surface area contributed by atoms with Crippen molar-refractivity contribution in [2.75, 3.05) is 24.6 Å². The Morgan fingerprint density at radius 2 is 2.19 bits per heavy atom. The van der Waals surface area contributed by atoms with Crippen molar-refractivity contribution in [2.24, 2.45) is 0 Å². The lowest BCUT2D eigenvalue weighted by Crippen LogP contribution is -2.58. The second-order valence-corrected chi connectivity index (χ2v) is 5.17. The summed E-state index contributed by atoms with van der Waals surface area (Å²) >= 11 is 1.87. The summed E-state index contributed by atoms with van der Waals surface area (Å²) in [5.74, 6) is 2.20. The van der Waals surface area contributed by atoms with Gasteiger partial charge in [-0.25, -0.2) is 0 Å². The molecule has 0 saturated carbocycles. The lowest BCUT2D eigenvalue weighted by Gasteiger charge is -2.34. The topological polar surface area (TPSA) is 49.4 Å². The molecule has 1 fully saturated rings. The molecule has 1 atom stereocenters. The molecule has 0 bridgehead atoms. The monoisotopic (exact) mass is 244 g/mol. The van der Waals surface area contributed by atoms with Crippen LogP contribution in [0.5, 0.6) is 0 Å². The molecule has 2 amide bonds. The van der Waals surface area contributed by atoms with Crippen molar-refractivity contribution in [1.29, 1.82) is 0 Å². The smallest absolute Gasteiger partial charge is 0.243 e. The van der Waals surface area contributed by atoms with E-state index in [1.165, 1.54) is 0 Å². The van der Waals surface area contributed by atoms with Gasteiger partial charge in [-0.3, -0.25) is 9.59 Å². The van der Waals surface area contributed by atoms with Gasteiger partial charge in [0.15, 0.2) is 0 Å². The van der Waals surface area contributed by atoms with E-state index in [1.807, 2.05) is 18.7 Å². The Hall–Kier alpha value is -0.710. The number of nitrogens with one attached hydrogen (secondary N) is 1. The molecule has 1 heterocycles. The van der Waals surface area contributed by atoms with E-state index in [0.29, 0.717) is 13.0 Å². The number of nitrogens with zero attached hydrogens (tertiary/aromatic N) is 1. The van der Waals surface area contributed by atoms with Crippen molar-refractivity contribution in [2.45, 2.75) is 32.7 Å². The van der Waals surface area contributed by atoms with Crippen LogP contribution >= 0.6 is 11.8 Å². The molecule has 0 aromatic heterocycles. The fourth-order valence-corrected chi connectivity index (χ4v) is 2.49. The average molecular weight is 244 g/mol. The highest BCUT2D eigenvalue weighted by Gasteiger charge is 2.32. The molecular weight excluding hydrogens is 224 g/mol. The average Bonchev–Trinajstić information content (AvgIpc) is 2.29. The van der Waals surface area contributed by atoms with Gasteiger partial charge < -0.3 is 10.2 Å². The van der Waals surface area contributed by atoms with E-state index >= 15 is 0 Å². The Balaban J connectivity index is 2.45. The summed E-state index contributed by atoms with van der Waals surface area (Å²) in [5.41, 5.74) is 0. The lowest BCUT2D eigenvalue weighted by atomic mass is 10.1. The fourth-order valence-electron chi connectivity index (χ4n) is 1.87. The van der Waals surface area contributed by atoms with E-state index < -0.39 is 0 Å². The van der Waals surface area contributed by atoms with Crippen LogP contribution in [-0.2, 0) is 9.59 Å². The fraction of sp³-hybridized carbons (Fsp3) is 0.818. The molecule has 1 rings (SSSR count). The Morgan fingerprint density at radius 1 is 1.44 bits per heavy atom. The molecule has 0 aromatic rings. The quantitative estimate of drug-likeness (QED) is 0.705. The first-order chi connectivity index (χ1) is 7.70. The highest BCUT2D eigenvalue weighted by atomic mass is 32.2. The van der Waals surface area contributed by atoms with Crippen molar-refractivity contribution in [1.82, 2.24) is 10.2 Å². The van der Waals surface area contributed by atoms with E-state index in [-0.39, 0.29) is 24.4 Å². The van der Waals surface area contributed by atoms with Crippen LogP contribution in [-0.4, -0.2) is 47.4 Å². The lowest BCUT2D eigenvalue weighted by molar-refractivity contribution is -0.145. The number of carbonyl (C=O) groups excluding carboxylic acids is 2. The van der Waals surface area contributed by atoms with Gasteiger partial charge in [0.1, 0.15) is 6.04 Å². The van der Waals surface area contributed by atoms with Crippen LogP contribution in [0.15, 0.2) is 0 Å². The molecule has 1 N–H and O–H groups in total. The van der Waals surface area contributed by atoms with E-state index in [4.69, 9.17) is 0 Å². The summed E-state index contributed by atoms with van der Waals surface area (Å²) in [6.45, 7) is 4.93. The SMILES string of the molecule is CCSCCCN1C(=O)CNC(=O)C1CC. The van der Waals surface area contributed by atoms with E-state index in [9.17, 15) is 9.59 Å². The highest BCUT2D eigenvalue weighted by Crippen LogP contribution is 2.11. The molecule has 92 valence electrons. The third kappa shape index (κ3) is 3.40. The zero-order valence-corrected chi connectivity index (χ0v) is 10.8. The van der Waals surface area contributed by atoms with E-state index in [2.05, 4.69) is 12.2 Å². The van der Waals surface area contributed by atoms with Gasteiger partial charge in [0, 0.05) is 6.54 Å². The molecular formula is C11H20N2O2S. The van der Waals surface area contributed by atoms with Gasteiger partial charge in [-0.15, -0.1) is 0 Å². The molecule has 0 aliphatic carbocycles. The van der Waals surface area contributed by atoms with Crippen molar-refractivity contribution in [3.8, 4) is 0 Å². The summed E-state index contributed by atoms with van der Waals surface area (Å²) in [5, 5.41) is 2.63. The number of piperazine rings is 1. The predicted octanol–water partition coefficient (Wildman–Crippen LogP) is 0.867. The van der Waals surface area contributed by atoms with Gasteiger partial charge in [0.2, 0.25) is 11.8 Å². The zero-order chi connectivity index (χ0) is 12.0. The van der Waals surface area contributed by atoms with Gasteiger partial charge in [0.25, 0.3) is 0 Å². The predicted molar refractivity (Wildman–Crippen MR) is 66.4 cm³/mol. The Kier molecular flexibility index (Phi) is 5.66. The third-order valence-electron chi connectivity index (χ3n) is 2.69. The molecule has 5 heteroatoms. The number of carbonyl (C=O) groups is 2. The van der Waals surface area contributed by atoms with Gasteiger partial charge in [0.05, 0.1) is 6.54 Å². The second-order valence-electron chi connectivity index (χ2n) is 3.78. The van der Waals surface area contributed by atoms with Crippen LogP contribution in [0.4, 0.5) is 0 Å². The van der Waals surface area contributed by atoms with E-state index in [0.717, 1.165) is 17.9 Å². The maximum absolute atomic E-state index is 11.7. The minimum atomic E-state index is -0.257. The Labute approximate surface area is 101 Å². The number of amides is 2. The molecule has 4 nitrogen and oxygen atoms in total. The van der Waals surface area contributed by atoms with Crippen molar-refractivity contribution >= 4 is 23.6 Å². The summed E-state index contributed by atoms with van der Waals surface area (Å²) < 4.78 is 0. The first kappa shape index (κ1) is 13.4. The number of rotatable bonds is 6. The summed E-state index contributed by atoms with van der Waals surface area (Å²) in [4.78, 5) is 25.0. The first-order valence-electron chi connectivity index (χ1n) is 5.85. The third-order valence-corrected chi connectivity index (χ3v) is 3.68. The number of thioether (sulfide) groups is 1. The molecule has 1 aliphatic heterocycles. The zero-order valence-electron chi connectivity index (χ0n) is 9.99. The van der Waals surface area contributed by atoms with Gasteiger partial charge >= 0.3 is 0 Å². The Bertz CT molecular complexity index is 258. The van der Waals surface area contributed by atoms with Gasteiger partial charge in [-0.2, -0.15) is 11.8 Å². The molecule has 1 aliphatic rings. The molecule has 0 aromatic carbocycles. The minimum Gasteiger partial charge on any atom is -0.345 e. The van der Waals surface area contributed by atoms with Crippen LogP contribution in [0.3, 0.4) is 0 Å². The van der Waals surface area contributed by atoms with Crippen molar-refractivity contribution < 1.29 is 9.59 Å². The van der Waals surface area contributed by atoms with Crippen LogP contribution in [0.2, 0.25) is 0 Å². The summed E-state index contributed by atoms with van der Waals surface area (Å²) in [6, 6.07) is -0.257. The Morgan fingerprint density at radius 3 is 2.81 bits per heavy atom. The number of hydrogen-bond donors (Lipinski definition) is 1. The number of hydrogen-bond acceptors (Lipinski definition) is 3. The molecule has 0 radical (unpaired) electrons. The molecule has 1 saturated heterocycles. The maximum Gasteiger partial charge on any atom is 0.243 e. The van der Waals surface area contributed by atoms with Gasteiger partial charge in [-0.05, 0) is 24.3 Å². The summed E-state index contributed by atoms with van der Waals surface area (Å²) in [6.07, 6.45) is 1.66. The standard InChI is InChI=1S/C11H20N2O2S/c1-3-9-11(15)12-8-10(14)13(9)6-5-7-16-4-2/h9H,3-8H2,1-2H3,(H,12,15). The van der Waals surface area contributed by atoms with E-state index in [1.54, 1.807) is 4.90 Å². The second kappa shape index (κ2) is 6.78. The van der Waals surface area contributed by atoms with Crippen LogP contribution in [0.25, 0.3) is 0 Å². The highest BCUT2D eigenvalue weighted by molar-refractivity contribution is 7.99. The first-order valence-corrected chi connectivity index (χ1v) is 7.01.